The fourth-order valence-electron chi connectivity index (χ4n) is 3.34. The second kappa shape index (κ2) is 11.9. The highest BCUT2D eigenvalue weighted by Gasteiger charge is 2.22. The van der Waals surface area contributed by atoms with Crippen molar-refractivity contribution in [2.45, 2.75) is 20.0 Å². The van der Waals surface area contributed by atoms with E-state index in [2.05, 4.69) is 18.0 Å². The molecule has 3 aromatic rings. The molecule has 0 aliphatic heterocycles. The first-order valence-corrected chi connectivity index (χ1v) is 11.5. The van der Waals surface area contributed by atoms with Crippen LogP contribution in [0.25, 0.3) is 0 Å². The summed E-state index contributed by atoms with van der Waals surface area (Å²) in [4.78, 5) is 31.8. The maximum absolute atomic E-state index is 13.4. The number of nitrogens with zero attached hydrogens (tertiary/aromatic N) is 2. The number of methoxy groups -OCH3 is 1. The van der Waals surface area contributed by atoms with Crippen molar-refractivity contribution in [3.8, 4) is 5.75 Å². The van der Waals surface area contributed by atoms with Crippen molar-refractivity contribution in [3.05, 3.63) is 94.7 Å². The van der Waals surface area contributed by atoms with E-state index in [-0.39, 0.29) is 25.0 Å². The lowest BCUT2D eigenvalue weighted by atomic mass is 10.2. The molecule has 0 saturated carbocycles. The predicted octanol–water partition coefficient (Wildman–Crippen LogP) is 5.31. The topological polar surface area (TPSA) is 61.9 Å². The van der Waals surface area contributed by atoms with E-state index < -0.39 is 0 Å². The Bertz CT molecular complexity index is 1080. The van der Waals surface area contributed by atoms with Gasteiger partial charge in [0.15, 0.2) is 0 Å². The molecule has 33 heavy (non-hydrogen) atoms. The maximum Gasteiger partial charge on any atom is 0.322 e. The molecular weight excluding hydrogens is 434 g/mol. The molecule has 3 rings (SSSR count). The lowest BCUT2D eigenvalue weighted by Crippen LogP contribution is -2.44. The monoisotopic (exact) mass is 463 g/mol. The van der Waals surface area contributed by atoms with Crippen LogP contribution in [-0.4, -0.2) is 41.9 Å². The minimum absolute atomic E-state index is 0.0565. The van der Waals surface area contributed by atoms with Crippen LogP contribution >= 0.6 is 11.3 Å². The maximum atomic E-state index is 13.4. The second-order valence-electron chi connectivity index (χ2n) is 7.58. The number of hydrogen-bond acceptors (Lipinski definition) is 4. The third-order valence-corrected chi connectivity index (χ3v) is 5.98. The van der Waals surface area contributed by atoms with Gasteiger partial charge in [0.2, 0.25) is 5.91 Å². The van der Waals surface area contributed by atoms with Crippen LogP contribution < -0.4 is 10.1 Å². The Morgan fingerprint density at radius 3 is 2.48 bits per heavy atom. The van der Waals surface area contributed by atoms with Crippen molar-refractivity contribution >= 4 is 29.0 Å². The molecule has 2 aromatic carbocycles. The van der Waals surface area contributed by atoms with Crippen molar-refractivity contribution in [3.63, 3.8) is 0 Å². The zero-order chi connectivity index (χ0) is 23.6. The Morgan fingerprint density at radius 2 is 1.82 bits per heavy atom. The Labute approximate surface area is 199 Å². The number of aryl methyl sites for hydroxylation is 1. The van der Waals surface area contributed by atoms with E-state index in [1.54, 1.807) is 53.7 Å². The molecule has 0 unspecified atom stereocenters. The van der Waals surface area contributed by atoms with Gasteiger partial charge < -0.3 is 19.9 Å². The van der Waals surface area contributed by atoms with Gasteiger partial charge in [0.05, 0.1) is 13.7 Å². The molecule has 0 spiro atoms. The normalized spacial score (nSPS) is 10.4. The summed E-state index contributed by atoms with van der Waals surface area (Å²) in [5, 5.41) is 2.84. The van der Waals surface area contributed by atoms with E-state index in [9.17, 15) is 9.59 Å². The summed E-state index contributed by atoms with van der Waals surface area (Å²) in [6.45, 7) is 6.94. The number of ether oxygens (including phenoxy) is 1. The van der Waals surface area contributed by atoms with Crippen LogP contribution in [0.4, 0.5) is 10.5 Å². The van der Waals surface area contributed by atoms with Crippen molar-refractivity contribution in [1.29, 1.82) is 0 Å². The van der Waals surface area contributed by atoms with E-state index in [1.165, 1.54) is 9.78 Å². The van der Waals surface area contributed by atoms with Crippen molar-refractivity contribution in [1.82, 2.24) is 9.80 Å². The summed E-state index contributed by atoms with van der Waals surface area (Å²) < 4.78 is 5.21. The number of thiophene rings is 1. The lowest BCUT2D eigenvalue weighted by molar-refractivity contribution is -0.132. The minimum Gasteiger partial charge on any atom is -0.497 e. The number of amides is 3. The molecule has 1 heterocycles. The molecule has 0 saturated heterocycles. The molecule has 7 heteroatoms. The standard InChI is InChI=1S/C26H29N3O3S/c1-4-15-28(26(31)27-22-11-8-12-23(16-22)32-3)19-25(30)29(17-21-9-6-5-7-10-21)18-24-14-13-20(2)33-24/h4-14,16H,1,15,17-19H2,2-3H3,(H,27,31). The number of anilines is 1. The Kier molecular flexibility index (Phi) is 8.66. The van der Waals surface area contributed by atoms with Crippen LogP contribution in [0.15, 0.2) is 79.4 Å². The van der Waals surface area contributed by atoms with Gasteiger partial charge in [-0.05, 0) is 36.8 Å². The summed E-state index contributed by atoms with van der Waals surface area (Å²) in [5.74, 6) is 0.506. The molecule has 172 valence electrons. The first-order valence-electron chi connectivity index (χ1n) is 10.7. The quantitative estimate of drug-likeness (QED) is 0.414. The fraction of sp³-hybridized carbons (Fsp3) is 0.231. The van der Waals surface area contributed by atoms with Crippen molar-refractivity contribution in [2.75, 3.05) is 25.5 Å². The minimum atomic E-state index is -0.372. The number of benzene rings is 2. The Balaban J connectivity index is 1.74. The summed E-state index contributed by atoms with van der Waals surface area (Å²) >= 11 is 1.67. The Morgan fingerprint density at radius 1 is 1.03 bits per heavy atom. The molecule has 0 bridgehead atoms. The number of carbonyl (C=O) groups excluding carboxylic acids is 2. The van der Waals surface area contributed by atoms with Gasteiger partial charge in [-0.15, -0.1) is 17.9 Å². The smallest absolute Gasteiger partial charge is 0.322 e. The van der Waals surface area contributed by atoms with E-state index in [4.69, 9.17) is 4.74 Å². The van der Waals surface area contributed by atoms with E-state index >= 15 is 0 Å². The first kappa shape index (κ1) is 24.1. The van der Waals surface area contributed by atoms with Crippen LogP contribution in [0.2, 0.25) is 0 Å². The highest BCUT2D eigenvalue weighted by Crippen LogP contribution is 2.20. The van der Waals surface area contributed by atoms with Gasteiger partial charge >= 0.3 is 6.03 Å². The molecule has 0 atom stereocenters. The molecule has 1 N–H and O–H groups in total. The van der Waals surface area contributed by atoms with E-state index in [1.807, 2.05) is 43.3 Å². The van der Waals surface area contributed by atoms with Gasteiger partial charge in [-0.3, -0.25) is 4.79 Å². The van der Waals surface area contributed by atoms with Crippen LogP contribution in [0.3, 0.4) is 0 Å². The third-order valence-electron chi connectivity index (χ3n) is 5.00. The SMILES string of the molecule is C=CCN(CC(=O)N(Cc1ccccc1)Cc1ccc(C)s1)C(=O)Nc1cccc(OC)c1. The number of carbonyl (C=O) groups is 2. The van der Waals surface area contributed by atoms with E-state index in [0.717, 1.165) is 10.4 Å². The number of hydrogen-bond donors (Lipinski definition) is 1. The summed E-state index contributed by atoms with van der Waals surface area (Å²) in [6, 6.07) is 20.7. The average Bonchev–Trinajstić information content (AvgIpc) is 3.23. The number of urea groups is 1. The Hall–Kier alpha value is -3.58. The molecule has 0 aliphatic rings. The zero-order valence-electron chi connectivity index (χ0n) is 19.0. The van der Waals surface area contributed by atoms with Gasteiger partial charge in [0.25, 0.3) is 0 Å². The van der Waals surface area contributed by atoms with Gasteiger partial charge in [0, 0.05) is 34.6 Å². The van der Waals surface area contributed by atoms with Crippen LogP contribution in [0.5, 0.6) is 5.75 Å². The van der Waals surface area contributed by atoms with Crippen LogP contribution in [0.1, 0.15) is 15.3 Å². The first-order chi connectivity index (χ1) is 16.0. The van der Waals surface area contributed by atoms with Crippen molar-refractivity contribution in [2.24, 2.45) is 0 Å². The molecule has 0 fully saturated rings. The van der Waals surface area contributed by atoms with Gasteiger partial charge in [-0.25, -0.2) is 4.79 Å². The molecule has 0 radical (unpaired) electrons. The van der Waals surface area contributed by atoms with Crippen LogP contribution in [0, 0.1) is 6.92 Å². The highest BCUT2D eigenvalue weighted by molar-refractivity contribution is 7.11. The van der Waals surface area contributed by atoms with Crippen molar-refractivity contribution < 1.29 is 14.3 Å². The summed E-state index contributed by atoms with van der Waals surface area (Å²) in [6.07, 6.45) is 1.61. The summed E-state index contributed by atoms with van der Waals surface area (Å²) in [5.41, 5.74) is 1.63. The molecule has 0 aliphatic carbocycles. The van der Waals surface area contributed by atoms with Gasteiger partial charge in [-0.1, -0.05) is 42.5 Å². The van der Waals surface area contributed by atoms with Crippen LogP contribution in [-0.2, 0) is 17.9 Å². The number of nitrogens with one attached hydrogen (secondary N) is 1. The molecule has 1 aromatic heterocycles. The van der Waals surface area contributed by atoms with Gasteiger partial charge in [0.1, 0.15) is 12.3 Å². The second-order valence-corrected chi connectivity index (χ2v) is 8.95. The zero-order valence-corrected chi connectivity index (χ0v) is 19.8. The number of rotatable bonds is 10. The summed E-state index contributed by atoms with van der Waals surface area (Å²) in [7, 11) is 1.57. The third kappa shape index (κ3) is 7.22. The van der Waals surface area contributed by atoms with E-state index in [0.29, 0.717) is 24.5 Å². The molecule has 3 amide bonds. The fourth-order valence-corrected chi connectivity index (χ4v) is 4.24. The molecular formula is C26H29N3O3S. The largest absolute Gasteiger partial charge is 0.497 e. The lowest BCUT2D eigenvalue weighted by Gasteiger charge is -2.27. The average molecular weight is 464 g/mol. The predicted molar refractivity (Wildman–Crippen MR) is 134 cm³/mol. The highest BCUT2D eigenvalue weighted by atomic mass is 32.1. The van der Waals surface area contributed by atoms with Gasteiger partial charge in [-0.2, -0.15) is 0 Å². The molecule has 6 nitrogen and oxygen atoms in total.